The third kappa shape index (κ3) is 3.18. The largest absolute Gasteiger partial charge is 0.387 e. The molecular weight excluding hydrogens is 192 g/mol. The Labute approximate surface area is 91.6 Å². The van der Waals surface area contributed by atoms with Gasteiger partial charge in [0.2, 0.25) is 5.91 Å². The second kappa shape index (κ2) is 4.10. The van der Waals surface area contributed by atoms with Crippen molar-refractivity contribution in [2.45, 2.75) is 32.8 Å². The molecule has 0 radical (unpaired) electrons. The van der Waals surface area contributed by atoms with Gasteiger partial charge in [0.25, 0.3) is 0 Å². The molecule has 15 heavy (non-hydrogen) atoms. The van der Waals surface area contributed by atoms with Gasteiger partial charge in [0, 0.05) is 19.0 Å². The Bertz CT molecular complexity index is 239. The van der Waals surface area contributed by atoms with E-state index in [1.165, 1.54) is 0 Å². The van der Waals surface area contributed by atoms with Crippen LogP contribution in [0.1, 0.15) is 27.2 Å². The zero-order valence-electron chi connectivity index (χ0n) is 10.1. The van der Waals surface area contributed by atoms with Crippen molar-refractivity contribution in [2.24, 2.45) is 5.41 Å². The monoisotopic (exact) mass is 214 g/mol. The van der Waals surface area contributed by atoms with E-state index in [1.54, 1.807) is 11.9 Å². The molecule has 0 spiro atoms. The van der Waals surface area contributed by atoms with Crippen LogP contribution in [0.4, 0.5) is 0 Å². The number of hydrogen-bond donors (Lipinski definition) is 2. The van der Waals surface area contributed by atoms with Crippen LogP contribution in [-0.4, -0.2) is 48.2 Å². The summed E-state index contributed by atoms with van der Waals surface area (Å²) in [4.78, 5) is 13.5. The van der Waals surface area contributed by atoms with Crippen LogP contribution < -0.4 is 5.32 Å². The molecule has 2 N–H and O–H groups in total. The van der Waals surface area contributed by atoms with Crippen LogP contribution in [0.25, 0.3) is 0 Å². The van der Waals surface area contributed by atoms with E-state index in [4.69, 9.17) is 0 Å². The number of rotatable bonds is 2. The zero-order chi connectivity index (χ0) is 11.7. The topological polar surface area (TPSA) is 52.6 Å². The lowest BCUT2D eigenvalue weighted by Gasteiger charge is -2.32. The number of carbonyl (C=O) groups excluding carboxylic acids is 1. The number of likely N-dealkylation sites (N-methyl/N-ethyl adjacent to an activating group) is 1. The molecule has 1 fully saturated rings. The molecule has 1 unspecified atom stereocenters. The fourth-order valence-corrected chi connectivity index (χ4v) is 1.95. The highest BCUT2D eigenvalue weighted by molar-refractivity contribution is 5.81. The first kappa shape index (κ1) is 12.5. The van der Waals surface area contributed by atoms with Gasteiger partial charge in [0.15, 0.2) is 0 Å². The number of nitrogens with zero attached hydrogens (tertiary/aromatic N) is 1. The van der Waals surface area contributed by atoms with E-state index in [9.17, 15) is 9.90 Å². The van der Waals surface area contributed by atoms with Crippen LogP contribution in [0.5, 0.6) is 0 Å². The molecule has 1 saturated heterocycles. The Morgan fingerprint density at radius 1 is 1.53 bits per heavy atom. The number of hydrogen-bond acceptors (Lipinski definition) is 3. The van der Waals surface area contributed by atoms with Crippen LogP contribution in [0.2, 0.25) is 0 Å². The summed E-state index contributed by atoms with van der Waals surface area (Å²) in [5.41, 5.74) is -1.12. The fourth-order valence-electron chi connectivity index (χ4n) is 1.95. The summed E-state index contributed by atoms with van der Waals surface area (Å²) in [7, 11) is 1.75. The first-order valence-electron chi connectivity index (χ1n) is 5.43. The van der Waals surface area contributed by atoms with E-state index in [-0.39, 0.29) is 11.3 Å². The van der Waals surface area contributed by atoms with Gasteiger partial charge in [-0.15, -0.1) is 0 Å². The predicted octanol–water partition coefficient (Wildman–Crippen LogP) is 0.215. The molecule has 1 aliphatic heterocycles. The lowest BCUT2D eigenvalue weighted by molar-refractivity contribution is -0.141. The molecular formula is C11H22N2O2. The molecule has 0 aromatic rings. The van der Waals surface area contributed by atoms with Gasteiger partial charge >= 0.3 is 0 Å². The fraction of sp³-hybridized carbons (Fsp3) is 0.909. The van der Waals surface area contributed by atoms with Gasteiger partial charge in [-0.3, -0.25) is 4.79 Å². The number of amides is 1. The minimum Gasteiger partial charge on any atom is -0.387 e. The van der Waals surface area contributed by atoms with Crippen molar-refractivity contribution in [1.82, 2.24) is 10.2 Å². The molecule has 1 heterocycles. The maximum absolute atomic E-state index is 11.9. The summed E-state index contributed by atoms with van der Waals surface area (Å²) >= 11 is 0. The molecule has 1 amide bonds. The minimum atomic E-state index is -0.740. The van der Waals surface area contributed by atoms with Gasteiger partial charge in [-0.1, -0.05) is 20.8 Å². The van der Waals surface area contributed by atoms with Gasteiger partial charge in [-0.2, -0.15) is 0 Å². The van der Waals surface area contributed by atoms with Crippen molar-refractivity contribution in [3.63, 3.8) is 0 Å². The first-order chi connectivity index (χ1) is 6.75. The van der Waals surface area contributed by atoms with Gasteiger partial charge < -0.3 is 15.3 Å². The van der Waals surface area contributed by atoms with E-state index >= 15 is 0 Å². The third-order valence-corrected chi connectivity index (χ3v) is 2.74. The van der Waals surface area contributed by atoms with Crippen LogP contribution in [0.3, 0.4) is 0 Å². The Hall–Kier alpha value is -0.610. The number of nitrogens with one attached hydrogen (secondary N) is 1. The molecule has 0 aliphatic carbocycles. The average molecular weight is 214 g/mol. The molecule has 4 nitrogen and oxygen atoms in total. The maximum Gasteiger partial charge on any atom is 0.227 e. The number of β-amino-alcohol motifs (C(OH)–C–C–N with tert-alkyl or cyclic N) is 1. The zero-order valence-corrected chi connectivity index (χ0v) is 10.1. The Balaban J connectivity index is 2.55. The molecule has 0 aromatic carbocycles. The van der Waals surface area contributed by atoms with Crippen LogP contribution in [0.15, 0.2) is 0 Å². The van der Waals surface area contributed by atoms with Crippen LogP contribution >= 0.6 is 0 Å². The van der Waals surface area contributed by atoms with E-state index < -0.39 is 5.60 Å². The maximum atomic E-state index is 11.9. The summed E-state index contributed by atoms with van der Waals surface area (Å²) in [6.45, 7) is 7.49. The lowest BCUT2D eigenvalue weighted by atomic mass is 9.93. The van der Waals surface area contributed by atoms with E-state index in [0.717, 1.165) is 13.0 Å². The first-order valence-corrected chi connectivity index (χ1v) is 5.43. The summed E-state index contributed by atoms with van der Waals surface area (Å²) in [5, 5.41) is 13.2. The van der Waals surface area contributed by atoms with E-state index in [0.29, 0.717) is 13.1 Å². The highest BCUT2D eigenvalue weighted by atomic mass is 16.3. The molecule has 4 heteroatoms. The summed E-state index contributed by atoms with van der Waals surface area (Å²) in [6.07, 6.45) is 0.717. The quantitative estimate of drug-likeness (QED) is 0.691. The summed E-state index contributed by atoms with van der Waals surface area (Å²) < 4.78 is 0. The molecule has 1 atom stereocenters. The lowest BCUT2D eigenvalue weighted by Crippen LogP contribution is -2.48. The highest BCUT2D eigenvalue weighted by Gasteiger charge is 2.35. The molecule has 1 rings (SSSR count). The van der Waals surface area contributed by atoms with Crippen molar-refractivity contribution in [3.05, 3.63) is 0 Å². The second-order valence-electron chi connectivity index (χ2n) is 5.56. The highest BCUT2D eigenvalue weighted by Crippen LogP contribution is 2.20. The van der Waals surface area contributed by atoms with Crippen LogP contribution in [-0.2, 0) is 4.79 Å². The predicted molar refractivity (Wildman–Crippen MR) is 59.5 cm³/mol. The van der Waals surface area contributed by atoms with Crippen molar-refractivity contribution in [3.8, 4) is 0 Å². The number of carbonyl (C=O) groups is 1. The molecule has 0 aromatic heterocycles. The SMILES string of the molecule is CN(CC1(O)CCNC1)C(=O)C(C)(C)C. The van der Waals surface area contributed by atoms with Crippen molar-refractivity contribution < 1.29 is 9.90 Å². The molecule has 0 bridgehead atoms. The smallest absolute Gasteiger partial charge is 0.227 e. The van der Waals surface area contributed by atoms with E-state index in [2.05, 4.69) is 5.32 Å². The van der Waals surface area contributed by atoms with Gasteiger partial charge in [0.1, 0.15) is 0 Å². The molecule has 88 valence electrons. The van der Waals surface area contributed by atoms with Gasteiger partial charge in [0.05, 0.1) is 12.1 Å². The van der Waals surface area contributed by atoms with E-state index in [1.807, 2.05) is 20.8 Å². The minimum absolute atomic E-state index is 0.0721. The van der Waals surface area contributed by atoms with Crippen molar-refractivity contribution in [1.29, 1.82) is 0 Å². The normalized spacial score (nSPS) is 26.7. The van der Waals surface area contributed by atoms with Crippen molar-refractivity contribution >= 4 is 5.91 Å². The summed E-state index contributed by atoms with van der Waals surface area (Å²) in [6, 6.07) is 0. The molecule has 1 aliphatic rings. The standard InChI is InChI=1S/C11H22N2O2/c1-10(2,3)9(14)13(4)8-11(15)5-6-12-7-11/h12,15H,5-8H2,1-4H3. The Morgan fingerprint density at radius 3 is 2.53 bits per heavy atom. The Kier molecular flexibility index (Phi) is 3.41. The van der Waals surface area contributed by atoms with Gasteiger partial charge in [-0.05, 0) is 13.0 Å². The van der Waals surface area contributed by atoms with Crippen LogP contribution in [0, 0.1) is 5.41 Å². The number of aliphatic hydroxyl groups is 1. The van der Waals surface area contributed by atoms with Gasteiger partial charge in [-0.25, -0.2) is 0 Å². The Morgan fingerprint density at radius 2 is 2.13 bits per heavy atom. The summed E-state index contributed by atoms with van der Waals surface area (Å²) in [5.74, 6) is 0.0721. The average Bonchev–Trinajstić information content (AvgIpc) is 2.48. The third-order valence-electron chi connectivity index (χ3n) is 2.74. The second-order valence-corrected chi connectivity index (χ2v) is 5.56. The van der Waals surface area contributed by atoms with Crippen molar-refractivity contribution in [2.75, 3.05) is 26.7 Å². The molecule has 0 saturated carbocycles.